The Morgan fingerprint density at radius 2 is 2.12 bits per heavy atom. The summed E-state index contributed by atoms with van der Waals surface area (Å²) in [6.45, 7) is 2.82. The molecule has 3 heteroatoms. The van der Waals surface area contributed by atoms with Crippen molar-refractivity contribution in [2.24, 2.45) is 12.8 Å². The van der Waals surface area contributed by atoms with Gasteiger partial charge in [0.15, 0.2) is 0 Å². The van der Waals surface area contributed by atoms with Crippen molar-refractivity contribution in [1.82, 2.24) is 9.78 Å². The van der Waals surface area contributed by atoms with Crippen molar-refractivity contribution in [1.29, 1.82) is 0 Å². The predicted molar refractivity (Wildman–Crippen MR) is 70.8 cm³/mol. The molecule has 0 saturated carbocycles. The van der Waals surface area contributed by atoms with Gasteiger partial charge in [0.1, 0.15) is 0 Å². The second kappa shape index (κ2) is 5.15. The van der Waals surface area contributed by atoms with E-state index >= 15 is 0 Å². The average Bonchev–Trinajstić information content (AvgIpc) is 2.68. The third-order valence-electron chi connectivity index (χ3n) is 2.88. The monoisotopic (exact) mass is 229 g/mol. The molecule has 2 N–H and O–H groups in total. The molecule has 0 unspecified atom stereocenters. The van der Waals surface area contributed by atoms with Crippen molar-refractivity contribution in [3.05, 3.63) is 41.6 Å². The molecule has 1 heterocycles. The maximum Gasteiger partial charge on any atom is 0.0681 e. The molecule has 90 valence electrons. The van der Waals surface area contributed by atoms with Gasteiger partial charge in [0.25, 0.3) is 0 Å². The molecule has 0 bridgehead atoms. The minimum atomic E-state index is 0.719. The number of hydrogen-bond acceptors (Lipinski definition) is 2. The van der Waals surface area contributed by atoms with Gasteiger partial charge in [-0.25, -0.2) is 0 Å². The zero-order chi connectivity index (χ0) is 12.3. The van der Waals surface area contributed by atoms with Gasteiger partial charge in [-0.05, 0) is 38.4 Å². The summed E-state index contributed by atoms with van der Waals surface area (Å²) in [5.41, 5.74) is 10.3. The smallest absolute Gasteiger partial charge is 0.0681 e. The molecule has 0 aliphatic carbocycles. The molecule has 0 atom stereocenters. The number of rotatable bonds is 4. The van der Waals surface area contributed by atoms with Crippen molar-refractivity contribution in [2.45, 2.75) is 19.8 Å². The van der Waals surface area contributed by atoms with Gasteiger partial charge in [-0.2, -0.15) is 5.10 Å². The number of hydrogen-bond donors (Lipinski definition) is 1. The van der Waals surface area contributed by atoms with E-state index in [1.54, 1.807) is 0 Å². The summed E-state index contributed by atoms with van der Waals surface area (Å²) < 4.78 is 1.95. The first-order chi connectivity index (χ1) is 8.20. The van der Waals surface area contributed by atoms with Crippen LogP contribution in [0.4, 0.5) is 0 Å². The minimum absolute atomic E-state index is 0.719. The maximum absolute atomic E-state index is 5.52. The first kappa shape index (κ1) is 11.9. The van der Waals surface area contributed by atoms with Crippen molar-refractivity contribution < 1.29 is 0 Å². The average molecular weight is 229 g/mol. The first-order valence-electron chi connectivity index (χ1n) is 6.00. The van der Waals surface area contributed by atoms with Crippen LogP contribution in [0.2, 0.25) is 0 Å². The molecule has 2 rings (SSSR count). The van der Waals surface area contributed by atoms with Gasteiger partial charge >= 0.3 is 0 Å². The lowest BCUT2D eigenvalue weighted by Crippen LogP contribution is -2.01. The van der Waals surface area contributed by atoms with E-state index < -0.39 is 0 Å². The van der Waals surface area contributed by atoms with Crippen LogP contribution >= 0.6 is 0 Å². The maximum atomic E-state index is 5.52. The standard InChI is InChI=1S/C14H19N3/c1-11-5-3-6-12(9-11)14-10-13(7-4-8-15)16-17(14)2/h3,5-6,9-10H,4,7-8,15H2,1-2H3. The van der Waals surface area contributed by atoms with Gasteiger partial charge < -0.3 is 5.73 Å². The molecule has 0 amide bonds. The number of nitrogens with two attached hydrogens (primary N) is 1. The molecule has 0 fully saturated rings. The summed E-state index contributed by atoms with van der Waals surface area (Å²) in [4.78, 5) is 0. The van der Waals surface area contributed by atoms with Crippen LogP contribution in [0.1, 0.15) is 17.7 Å². The van der Waals surface area contributed by atoms with Crippen molar-refractivity contribution >= 4 is 0 Å². The molecule has 2 aromatic rings. The van der Waals surface area contributed by atoms with Crippen LogP contribution in [-0.2, 0) is 13.5 Å². The fourth-order valence-corrected chi connectivity index (χ4v) is 2.01. The quantitative estimate of drug-likeness (QED) is 0.874. The van der Waals surface area contributed by atoms with Crippen molar-refractivity contribution in [3.8, 4) is 11.3 Å². The fourth-order valence-electron chi connectivity index (χ4n) is 2.01. The van der Waals surface area contributed by atoms with E-state index in [0.29, 0.717) is 0 Å². The predicted octanol–water partition coefficient (Wildman–Crippen LogP) is 2.29. The second-order valence-electron chi connectivity index (χ2n) is 4.41. The van der Waals surface area contributed by atoms with Crippen LogP contribution in [0.5, 0.6) is 0 Å². The Labute approximate surface area is 102 Å². The Balaban J connectivity index is 2.29. The molecular formula is C14H19N3. The lowest BCUT2D eigenvalue weighted by molar-refractivity contribution is 0.727. The molecule has 0 radical (unpaired) electrons. The highest BCUT2D eigenvalue weighted by Gasteiger charge is 2.06. The molecule has 0 aliphatic heterocycles. The van der Waals surface area contributed by atoms with E-state index in [4.69, 9.17) is 5.73 Å². The van der Waals surface area contributed by atoms with Gasteiger partial charge in [0.05, 0.1) is 11.4 Å². The van der Waals surface area contributed by atoms with E-state index in [9.17, 15) is 0 Å². The SMILES string of the molecule is Cc1cccc(-c2cc(CCCN)nn2C)c1. The Kier molecular flexibility index (Phi) is 3.59. The molecule has 0 aliphatic rings. The van der Waals surface area contributed by atoms with E-state index in [1.807, 2.05) is 11.7 Å². The Bertz CT molecular complexity index is 500. The normalized spacial score (nSPS) is 10.8. The van der Waals surface area contributed by atoms with Gasteiger partial charge in [-0.1, -0.05) is 23.8 Å². The van der Waals surface area contributed by atoms with Crippen LogP contribution in [0.25, 0.3) is 11.3 Å². The summed E-state index contributed by atoms with van der Waals surface area (Å²) in [7, 11) is 1.99. The minimum Gasteiger partial charge on any atom is -0.330 e. The summed E-state index contributed by atoms with van der Waals surface area (Å²) >= 11 is 0. The van der Waals surface area contributed by atoms with Crippen LogP contribution in [-0.4, -0.2) is 16.3 Å². The molecule has 1 aromatic heterocycles. The second-order valence-corrected chi connectivity index (χ2v) is 4.41. The highest BCUT2D eigenvalue weighted by molar-refractivity contribution is 5.60. The van der Waals surface area contributed by atoms with Crippen molar-refractivity contribution in [3.63, 3.8) is 0 Å². The van der Waals surface area contributed by atoms with E-state index in [1.165, 1.54) is 16.8 Å². The first-order valence-corrected chi connectivity index (χ1v) is 6.00. The molecule has 3 nitrogen and oxygen atoms in total. The van der Waals surface area contributed by atoms with Gasteiger partial charge in [-0.15, -0.1) is 0 Å². The topological polar surface area (TPSA) is 43.8 Å². The summed E-state index contributed by atoms with van der Waals surface area (Å²) in [6.07, 6.45) is 1.94. The molecule has 0 saturated heterocycles. The van der Waals surface area contributed by atoms with Crippen LogP contribution in [0.15, 0.2) is 30.3 Å². The Morgan fingerprint density at radius 3 is 2.82 bits per heavy atom. The highest BCUT2D eigenvalue weighted by atomic mass is 15.3. The molecular weight excluding hydrogens is 210 g/mol. The van der Waals surface area contributed by atoms with Gasteiger partial charge in [0.2, 0.25) is 0 Å². The Hall–Kier alpha value is -1.61. The van der Waals surface area contributed by atoms with Crippen LogP contribution in [0, 0.1) is 6.92 Å². The van der Waals surface area contributed by atoms with Crippen molar-refractivity contribution in [2.75, 3.05) is 6.54 Å². The summed E-state index contributed by atoms with van der Waals surface area (Å²) in [5.74, 6) is 0. The summed E-state index contributed by atoms with van der Waals surface area (Å²) in [6, 6.07) is 10.7. The Morgan fingerprint density at radius 1 is 1.29 bits per heavy atom. The zero-order valence-electron chi connectivity index (χ0n) is 10.5. The fraction of sp³-hybridized carbons (Fsp3) is 0.357. The van der Waals surface area contributed by atoms with E-state index in [0.717, 1.165) is 25.1 Å². The number of aryl methyl sites for hydroxylation is 3. The number of aromatic nitrogens is 2. The largest absolute Gasteiger partial charge is 0.330 e. The third kappa shape index (κ3) is 2.74. The lowest BCUT2D eigenvalue weighted by Gasteiger charge is -2.02. The summed E-state index contributed by atoms with van der Waals surface area (Å²) in [5, 5.41) is 4.52. The van der Waals surface area contributed by atoms with E-state index in [2.05, 4.69) is 42.4 Å². The van der Waals surface area contributed by atoms with Gasteiger partial charge in [0, 0.05) is 12.6 Å². The molecule has 0 spiro atoms. The molecule has 1 aromatic carbocycles. The van der Waals surface area contributed by atoms with Crippen LogP contribution < -0.4 is 5.73 Å². The lowest BCUT2D eigenvalue weighted by atomic mass is 10.1. The number of benzene rings is 1. The van der Waals surface area contributed by atoms with Gasteiger partial charge in [-0.3, -0.25) is 4.68 Å². The number of nitrogens with zero attached hydrogens (tertiary/aromatic N) is 2. The zero-order valence-corrected chi connectivity index (χ0v) is 10.5. The third-order valence-corrected chi connectivity index (χ3v) is 2.88. The highest BCUT2D eigenvalue weighted by Crippen LogP contribution is 2.21. The van der Waals surface area contributed by atoms with Crippen LogP contribution in [0.3, 0.4) is 0 Å². The molecule has 17 heavy (non-hydrogen) atoms. The van der Waals surface area contributed by atoms with E-state index in [-0.39, 0.29) is 0 Å².